The summed E-state index contributed by atoms with van der Waals surface area (Å²) in [5, 5.41) is 3.02. The number of hydrogen-bond acceptors (Lipinski definition) is 4. The maximum absolute atomic E-state index is 12.2. The molecule has 1 N–H and O–H groups in total. The van der Waals surface area contributed by atoms with Crippen LogP contribution in [0, 0.1) is 0 Å². The summed E-state index contributed by atoms with van der Waals surface area (Å²) < 4.78 is 36.6. The van der Waals surface area contributed by atoms with Crippen LogP contribution in [0.25, 0.3) is 0 Å². The van der Waals surface area contributed by atoms with Gasteiger partial charge in [0.2, 0.25) is 5.82 Å². The first-order valence-corrected chi connectivity index (χ1v) is 4.67. The standard InChI is InChI=1S/C9H9F3N4/c1-5-2-13-7(16-5)6-3-14-8(15-4-6)9(10,11)12/h3-5H,2H2,1H3,(H,13,16). The molecule has 1 atom stereocenters. The summed E-state index contributed by atoms with van der Waals surface area (Å²) in [7, 11) is 0. The molecule has 4 nitrogen and oxygen atoms in total. The van der Waals surface area contributed by atoms with E-state index in [2.05, 4.69) is 20.3 Å². The summed E-state index contributed by atoms with van der Waals surface area (Å²) in [4.78, 5) is 10.6. The average molecular weight is 230 g/mol. The van der Waals surface area contributed by atoms with Crippen molar-refractivity contribution >= 4 is 5.84 Å². The molecule has 0 spiro atoms. The van der Waals surface area contributed by atoms with E-state index in [0.717, 1.165) is 12.4 Å². The molecule has 1 aliphatic heterocycles. The highest BCUT2D eigenvalue weighted by molar-refractivity contribution is 5.99. The van der Waals surface area contributed by atoms with Crippen molar-refractivity contribution < 1.29 is 13.2 Å². The van der Waals surface area contributed by atoms with Crippen LogP contribution in [0.1, 0.15) is 18.3 Å². The zero-order valence-corrected chi connectivity index (χ0v) is 8.41. The SMILES string of the molecule is CC1CN=C(c2cnc(C(F)(F)F)nc2)N1. The van der Waals surface area contributed by atoms with E-state index in [4.69, 9.17) is 0 Å². The van der Waals surface area contributed by atoms with Crippen LogP contribution in [0.5, 0.6) is 0 Å². The molecule has 0 saturated heterocycles. The lowest BCUT2D eigenvalue weighted by Crippen LogP contribution is -2.28. The molecule has 86 valence electrons. The molecule has 0 radical (unpaired) electrons. The van der Waals surface area contributed by atoms with Gasteiger partial charge in [0.05, 0.1) is 12.1 Å². The molecule has 1 aromatic rings. The number of aromatic nitrogens is 2. The van der Waals surface area contributed by atoms with E-state index in [9.17, 15) is 13.2 Å². The molecule has 2 heterocycles. The van der Waals surface area contributed by atoms with E-state index in [1.807, 2.05) is 6.92 Å². The monoisotopic (exact) mass is 230 g/mol. The number of halogens is 3. The molecule has 16 heavy (non-hydrogen) atoms. The Bertz CT molecular complexity index is 410. The first-order chi connectivity index (χ1) is 7.47. The minimum atomic E-state index is -4.50. The predicted octanol–water partition coefficient (Wildman–Crippen LogP) is 1.23. The lowest BCUT2D eigenvalue weighted by Gasteiger charge is -2.07. The van der Waals surface area contributed by atoms with Gasteiger partial charge in [-0.25, -0.2) is 9.97 Å². The second-order valence-electron chi connectivity index (χ2n) is 3.53. The maximum atomic E-state index is 12.2. The van der Waals surface area contributed by atoms with Crippen LogP contribution >= 0.6 is 0 Å². The van der Waals surface area contributed by atoms with Crippen LogP contribution in [-0.2, 0) is 6.18 Å². The van der Waals surface area contributed by atoms with E-state index >= 15 is 0 Å². The van der Waals surface area contributed by atoms with E-state index in [-0.39, 0.29) is 6.04 Å². The molecule has 7 heteroatoms. The fraction of sp³-hybridized carbons (Fsp3) is 0.444. The van der Waals surface area contributed by atoms with Gasteiger partial charge in [0.15, 0.2) is 0 Å². The maximum Gasteiger partial charge on any atom is 0.451 e. The molecule has 0 aromatic carbocycles. The number of nitrogens with zero attached hydrogens (tertiary/aromatic N) is 3. The first kappa shape index (κ1) is 10.8. The van der Waals surface area contributed by atoms with Crippen LogP contribution in [0.4, 0.5) is 13.2 Å². The molecule has 1 aromatic heterocycles. The second-order valence-corrected chi connectivity index (χ2v) is 3.53. The molecule has 0 saturated carbocycles. The van der Waals surface area contributed by atoms with Crippen molar-refractivity contribution in [2.24, 2.45) is 4.99 Å². The molecule has 2 rings (SSSR count). The Balaban J connectivity index is 2.20. The summed E-state index contributed by atoms with van der Waals surface area (Å²) in [5.41, 5.74) is 0.470. The van der Waals surface area contributed by atoms with E-state index in [1.54, 1.807) is 0 Å². The summed E-state index contributed by atoms with van der Waals surface area (Å²) in [6.45, 7) is 2.54. The van der Waals surface area contributed by atoms with Crippen molar-refractivity contribution in [2.45, 2.75) is 19.1 Å². The Hall–Kier alpha value is -1.66. The first-order valence-electron chi connectivity index (χ1n) is 4.67. The van der Waals surface area contributed by atoms with Crippen LogP contribution < -0.4 is 5.32 Å². The zero-order valence-electron chi connectivity index (χ0n) is 8.41. The van der Waals surface area contributed by atoms with Gasteiger partial charge in [0.25, 0.3) is 0 Å². The molecule has 0 aliphatic carbocycles. The Morgan fingerprint density at radius 1 is 1.31 bits per heavy atom. The Morgan fingerprint density at radius 3 is 2.38 bits per heavy atom. The fourth-order valence-corrected chi connectivity index (χ4v) is 1.32. The summed E-state index contributed by atoms with van der Waals surface area (Å²) >= 11 is 0. The lowest BCUT2D eigenvalue weighted by atomic mass is 10.3. The number of rotatable bonds is 1. The van der Waals surface area contributed by atoms with Crippen LogP contribution in [0.15, 0.2) is 17.4 Å². The number of aliphatic imine (C=N–C) groups is 1. The van der Waals surface area contributed by atoms with Crippen molar-refractivity contribution in [1.82, 2.24) is 15.3 Å². The largest absolute Gasteiger partial charge is 0.451 e. The molecule has 0 amide bonds. The minimum Gasteiger partial charge on any atom is -0.365 e. The highest BCUT2D eigenvalue weighted by Gasteiger charge is 2.34. The van der Waals surface area contributed by atoms with Gasteiger partial charge >= 0.3 is 6.18 Å². The molecular formula is C9H9F3N4. The molecule has 1 unspecified atom stereocenters. The number of nitrogens with one attached hydrogen (secondary N) is 1. The lowest BCUT2D eigenvalue weighted by molar-refractivity contribution is -0.145. The van der Waals surface area contributed by atoms with Gasteiger partial charge in [-0.3, -0.25) is 4.99 Å². The minimum absolute atomic E-state index is 0.192. The van der Waals surface area contributed by atoms with Crippen LogP contribution in [0.3, 0.4) is 0 Å². The molecular weight excluding hydrogens is 221 g/mol. The average Bonchev–Trinajstić information content (AvgIpc) is 2.64. The van der Waals surface area contributed by atoms with Crippen LogP contribution in [-0.4, -0.2) is 28.4 Å². The quantitative estimate of drug-likeness (QED) is 0.789. The highest BCUT2D eigenvalue weighted by atomic mass is 19.4. The topological polar surface area (TPSA) is 50.2 Å². The van der Waals surface area contributed by atoms with Gasteiger partial charge in [-0.15, -0.1) is 0 Å². The van der Waals surface area contributed by atoms with E-state index in [0.29, 0.717) is 17.9 Å². The van der Waals surface area contributed by atoms with Crippen molar-refractivity contribution in [3.05, 3.63) is 23.8 Å². The Morgan fingerprint density at radius 2 is 1.94 bits per heavy atom. The third-order valence-corrected chi connectivity index (χ3v) is 2.09. The van der Waals surface area contributed by atoms with Gasteiger partial charge in [-0.2, -0.15) is 13.2 Å². The van der Waals surface area contributed by atoms with Gasteiger partial charge < -0.3 is 5.32 Å². The summed E-state index contributed by atoms with van der Waals surface area (Å²) in [5.74, 6) is -0.593. The molecule has 0 bridgehead atoms. The summed E-state index contributed by atoms with van der Waals surface area (Å²) in [6.07, 6.45) is -2.25. The zero-order chi connectivity index (χ0) is 11.8. The van der Waals surface area contributed by atoms with E-state index in [1.165, 1.54) is 0 Å². The second kappa shape index (κ2) is 3.73. The Kier molecular flexibility index (Phi) is 2.53. The van der Waals surface area contributed by atoms with Gasteiger partial charge in [-0.05, 0) is 6.92 Å². The van der Waals surface area contributed by atoms with Crippen molar-refractivity contribution in [2.75, 3.05) is 6.54 Å². The Labute approximate surface area is 89.6 Å². The predicted molar refractivity (Wildman–Crippen MR) is 51.0 cm³/mol. The highest BCUT2D eigenvalue weighted by Crippen LogP contribution is 2.25. The van der Waals surface area contributed by atoms with E-state index < -0.39 is 12.0 Å². The molecule has 0 fully saturated rings. The fourth-order valence-electron chi connectivity index (χ4n) is 1.32. The molecule has 1 aliphatic rings. The number of alkyl halides is 3. The third-order valence-electron chi connectivity index (χ3n) is 2.09. The van der Waals surface area contributed by atoms with Gasteiger partial charge in [0, 0.05) is 18.4 Å². The summed E-state index contributed by atoms with van der Waals surface area (Å²) in [6, 6.07) is 0.192. The van der Waals surface area contributed by atoms with Gasteiger partial charge in [-0.1, -0.05) is 0 Å². The van der Waals surface area contributed by atoms with Crippen LogP contribution in [0.2, 0.25) is 0 Å². The third kappa shape index (κ3) is 2.12. The van der Waals surface area contributed by atoms with Crippen molar-refractivity contribution in [3.8, 4) is 0 Å². The van der Waals surface area contributed by atoms with Crippen molar-refractivity contribution in [1.29, 1.82) is 0 Å². The number of hydrogen-bond donors (Lipinski definition) is 1. The smallest absolute Gasteiger partial charge is 0.365 e. The van der Waals surface area contributed by atoms with Gasteiger partial charge in [0.1, 0.15) is 5.84 Å². The number of amidine groups is 1. The normalized spacial score (nSPS) is 20.5. The van der Waals surface area contributed by atoms with Crippen molar-refractivity contribution in [3.63, 3.8) is 0 Å².